The number of nitrogens with one attached hydrogen (secondary N) is 1. The lowest BCUT2D eigenvalue weighted by molar-refractivity contribution is 0.431. The Morgan fingerprint density at radius 1 is 1.26 bits per heavy atom. The van der Waals surface area contributed by atoms with Gasteiger partial charge in [-0.15, -0.1) is 0 Å². The van der Waals surface area contributed by atoms with Crippen LogP contribution in [0.25, 0.3) is 0 Å². The third kappa shape index (κ3) is 3.78. The Morgan fingerprint density at radius 2 is 2.05 bits per heavy atom. The fourth-order valence-corrected chi connectivity index (χ4v) is 2.24. The lowest BCUT2D eigenvalue weighted by Gasteiger charge is -2.14. The first-order valence-corrected chi connectivity index (χ1v) is 6.82. The largest absolute Gasteiger partial charge is 0.505 e. The molecule has 19 heavy (non-hydrogen) atoms. The molecule has 2 rings (SSSR count). The highest BCUT2D eigenvalue weighted by atomic mass is 79.9. The molecule has 4 heteroatoms. The molecular formula is C15H15BrFNO. The van der Waals surface area contributed by atoms with E-state index in [2.05, 4.69) is 34.2 Å². The Hall–Kier alpha value is -1.39. The SMILES string of the molecule is CC(NCc1ccc(O)c(F)c1)c1cccc(Br)c1. The quantitative estimate of drug-likeness (QED) is 0.886. The number of hydrogen-bond donors (Lipinski definition) is 2. The summed E-state index contributed by atoms with van der Waals surface area (Å²) < 4.78 is 14.2. The van der Waals surface area contributed by atoms with E-state index in [9.17, 15) is 4.39 Å². The predicted molar refractivity (Wildman–Crippen MR) is 77.5 cm³/mol. The highest BCUT2D eigenvalue weighted by Crippen LogP contribution is 2.19. The summed E-state index contributed by atoms with van der Waals surface area (Å²) in [6, 6.07) is 12.6. The second-order valence-corrected chi connectivity index (χ2v) is 5.36. The molecule has 2 aromatic rings. The first-order chi connectivity index (χ1) is 9.06. The molecule has 2 N–H and O–H groups in total. The lowest BCUT2D eigenvalue weighted by Crippen LogP contribution is -2.18. The minimum atomic E-state index is -0.589. The minimum Gasteiger partial charge on any atom is -0.505 e. The van der Waals surface area contributed by atoms with Crippen LogP contribution in [0.15, 0.2) is 46.9 Å². The lowest BCUT2D eigenvalue weighted by atomic mass is 10.1. The van der Waals surface area contributed by atoms with Crippen LogP contribution in [0.4, 0.5) is 4.39 Å². The molecule has 100 valence electrons. The molecule has 0 aliphatic rings. The van der Waals surface area contributed by atoms with Crippen LogP contribution in [0, 0.1) is 5.82 Å². The Bertz CT molecular complexity index is 574. The van der Waals surface area contributed by atoms with E-state index in [0.717, 1.165) is 15.6 Å². The molecular weight excluding hydrogens is 309 g/mol. The van der Waals surface area contributed by atoms with Gasteiger partial charge in [0, 0.05) is 17.1 Å². The van der Waals surface area contributed by atoms with Crippen LogP contribution in [0.1, 0.15) is 24.1 Å². The van der Waals surface area contributed by atoms with E-state index in [1.54, 1.807) is 6.07 Å². The van der Waals surface area contributed by atoms with E-state index in [1.807, 2.05) is 18.2 Å². The summed E-state index contributed by atoms with van der Waals surface area (Å²) in [6.07, 6.45) is 0. The van der Waals surface area contributed by atoms with Gasteiger partial charge in [-0.3, -0.25) is 0 Å². The standard InChI is InChI=1S/C15H15BrFNO/c1-10(12-3-2-4-13(16)8-12)18-9-11-5-6-15(19)14(17)7-11/h2-8,10,18-19H,9H2,1H3. The summed E-state index contributed by atoms with van der Waals surface area (Å²) >= 11 is 3.44. The van der Waals surface area contributed by atoms with Crippen LogP contribution in [-0.4, -0.2) is 5.11 Å². The number of rotatable bonds is 4. The van der Waals surface area contributed by atoms with Crippen LogP contribution in [-0.2, 0) is 6.54 Å². The van der Waals surface area contributed by atoms with Crippen molar-refractivity contribution >= 4 is 15.9 Å². The van der Waals surface area contributed by atoms with Gasteiger partial charge in [-0.2, -0.15) is 0 Å². The zero-order chi connectivity index (χ0) is 13.8. The van der Waals surface area contributed by atoms with E-state index >= 15 is 0 Å². The molecule has 1 atom stereocenters. The van der Waals surface area contributed by atoms with Gasteiger partial charge in [-0.05, 0) is 42.3 Å². The van der Waals surface area contributed by atoms with Crippen LogP contribution in [0.5, 0.6) is 5.75 Å². The Balaban J connectivity index is 2.00. The third-order valence-corrected chi connectivity index (χ3v) is 3.47. The highest BCUT2D eigenvalue weighted by Gasteiger charge is 2.06. The molecule has 0 bridgehead atoms. The number of halogens is 2. The predicted octanol–water partition coefficient (Wildman–Crippen LogP) is 4.14. The number of hydrogen-bond acceptors (Lipinski definition) is 2. The van der Waals surface area contributed by atoms with E-state index in [4.69, 9.17) is 5.11 Å². The summed E-state index contributed by atoms with van der Waals surface area (Å²) in [5, 5.41) is 12.4. The van der Waals surface area contributed by atoms with Crippen molar-refractivity contribution in [1.29, 1.82) is 0 Å². The topological polar surface area (TPSA) is 32.3 Å². The zero-order valence-electron chi connectivity index (χ0n) is 10.5. The third-order valence-electron chi connectivity index (χ3n) is 2.97. The summed E-state index contributed by atoms with van der Waals surface area (Å²) in [4.78, 5) is 0. The molecule has 1 unspecified atom stereocenters. The van der Waals surface area contributed by atoms with Crippen molar-refractivity contribution < 1.29 is 9.50 Å². The summed E-state index contributed by atoms with van der Waals surface area (Å²) in [5.74, 6) is -0.904. The van der Waals surface area contributed by atoms with Gasteiger partial charge < -0.3 is 10.4 Å². The van der Waals surface area contributed by atoms with E-state index in [1.165, 1.54) is 12.1 Å². The fourth-order valence-electron chi connectivity index (χ4n) is 1.83. The number of phenolic OH excluding ortho intramolecular Hbond substituents is 1. The molecule has 2 nitrogen and oxygen atoms in total. The summed E-state index contributed by atoms with van der Waals surface area (Å²) in [5.41, 5.74) is 1.96. The van der Waals surface area contributed by atoms with E-state index in [0.29, 0.717) is 6.54 Å². The van der Waals surface area contributed by atoms with Crippen molar-refractivity contribution in [2.24, 2.45) is 0 Å². The molecule has 0 amide bonds. The average Bonchev–Trinajstić information content (AvgIpc) is 2.40. The van der Waals surface area contributed by atoms with Gasteiger partial charge in [0.15, 0.2) is 11.6 Å². The molecule has 0 radical (unpaired) electrons. The first kappa shape index (κ1) is 14.0. The number of benzene rings is 2. The first-order valence-electron chi connectivity index (χ1n) is 6.02. The molecule has 0 saturated carbocycles. The van der Waals surface area contributed by atoms with Crippen molar-refractivity contribution in [1.82, 2.24) is 5.32 Å². The van der Waals surface area contributed by atoms with Crippen molar-refractivity contribution in [2.75, 3.05) is 0 Å². The maximum atomic E-state index is 13.2. The second kappa shape index (κ2) is 6.17. The Morgan fingerprint density at radius 3 is 2.74 bits per heavy atom. The van der Waals surface area contributed by atoms with Crippen LogP contribution >= 0.6 is 15.9 Å². The van der Waals surface area contributed by atoms with Crippen molar-refractivity contribution in [3.63, 3.8) is 0 Å². The smallest absolute Gasteiger partial charge is 0.165 e. The molecule has 0 aliphatic heterocycles. The van der Waals surface area contributed by atoms with Gasteiger partial charge in [0.2, 0.25) is 0 Å². The molecule has 0 aromatic heterocycles. The maximum Gasteiger partial charge on any atom is 0.165 e. The van der Waals surface area contributed by atoms with Crippen LogP contribution in [0.3, 0.4) is 0 Å². The highest BCUT2D eigenvalue weighted by molar-refractivity contribution is 9.10. The van der Waals surface area contributed by atoms with Gasteiger partial charge in [-0.1, -0.05) is 34.1 Å². The molecule has 0 saturated heterocycles. The van der Waals surface area contributed by atoms with E-state index < -0.39 is 5.82 Å². The van der Waals surface area contributed by atoms with Gasteiger partial charge in [0.05, 0.1) is 0 Å². The molecule has 2 aromatic carbocycles. The summed E-state index contributed by atoms with van der Waals surface area (Å²) in [7, 11) is 0. The van der Waals surface area contributed by atoms with Crippen molar-refractivity contribution in [3.8, 4) is 5.75 Å². The Labute approximate surface area is 120 Å². The maximum absolute atomic E-state index is 13.2. The van der Waals surface area contributed by atoms with Crippen LogP contribution in [0.2, 0.25) is 0 Å². The van der Waals surface area contributed by atoms with E-state index in [-0.39, 0.29) is 11.8 Å². The number of phenols is 1. The van der Waals surface area contributed by atoms with Gasteiger partial charge in [0.25, 0.3) is 0 Å². The average molecular weight is 324 g/mol. The molecule has 0 spiro atoms. The van der Waals surface area contributed by atoms with Crippen molar-refractivity contribution in [2.45, 2.75) is 19.5 Å². The minimum absolute atomic E-state index is 0.161. The van der Waals surface area contributed by atoms with Gasteiger partial charge in [-0.25, -0.2) is 4.39 Å². The van der Waals surface area contributed by atoms with Gasteiger partial charge >= 0.3 is 0 Å². The normalized spacial score (nSPS) is 12.4. The molecule has 0 aliphatic carbocycles. The molecule has 0 heterocycles. The summed E-state index contributed by atoms with van der Waals surface area (Å²) in [6.45, 7) is 2.60. The number of aromatic hydroxyl groups is 1. The monoisotopic (exact) mass is 323 g/mol. The molecule has 0 fully saturated rings. The Kier molecular flexibility index (Phi) is 4.56. The van der Waals surface area contributed by atoms with Crippen molar-refractivity contribution in [3.05, 3.63) is 63.9 Å². The second-order valence-electron chi connectivity index (χ2n) is 4.44. The zero-order valence-corrected chi connectivity index (χ0v) is 12.1. The van der Waals surface area contributed by atoms with Gasteiger partial charge in [0.1, 0.15) is 0 Å². The van der Waals surface area contributed by atoms with Crippen LogP contribution < -0.4 is 5.32 Å². The fraction of sp³-hybridized carbons (Fsp3) is 0.200.